The van der Waals surface area contributed by atoms with Gasteiger partial charge in [0.1, 0.15) is 10.8 Å². The van der Waals surface area contributed by atoms with Gasteiger partial charge in [0.15, 0.2) is 0 Å². The molecule has 1 amide bonds. The van der Waals surface area contributed by atoms with Gasteiger partial charge in [-0.25, -0.2) is 4.98 Å². The summed E-state index contributed by atoms with van der Waals surface area (Å²) in [6.45, 7) is 5.32. The van der Waals surface area contributed by atoms with E-state index in [1.54, 1.807) is 11.3 Å². The fourth-order valence-corrected chi connectivity index (χ4v) is 4.64. The van der Waals surface area contributed by atoms with Crippen LogP contribution in [0.1, 0.15) is 19.0 Å². The molecular weight excluding hydrogens is 394 g/mol. The van der Waals surface area contributed by atoms with Crippen molar-refractivity contribution >= 4 is 22.9 Å². The van der Waals surface area contributed by atoms with Gasteiger partial charge in [-0.15, -0.1) is 11.3 Å². The largest absolute Gasteiger partial charge is 0.493 e. The number of hydrogen-bond acceptors (Lipinski definition) is 5. The number of thiazole rings is 1. The molecule has 1 saturated heterocycles. The van der Waals surface area contributed by atoms with E-state index in [0.717, 1.165) is 41.5 Å². The Hall–Kier alpha value is -2.86. The minimum atomic E-state index is 0.0307. The zero-order chi connectivity index (χ0) is 20.8. The first-order valence-electron chi connectivity index (χ1n) is 10.5. The van der Waals surface area contributed by atoms with E-state index in [1.165, 1.54) is 5.69 Å². The van der Waals surface area contributed by atoms with Gasteiger partial charge in [0.2, 0.25) is 5.91 Å². The Kier molecular flexibility index (Phi) is 6.64. The number of hydrogen-bond donors (Lipinski definition) is 1. The van der Waals surface area contributed by atoms with E-state index < -0.39 is 0 Å². The maximum absolute atomic E-state index is 12.5. The number of nitrogens with zero attached hydrogens (tertiary/aromatic N) is 2. The monoisotopic (exact) mass is 421 g/mol. The van der Waals surface area contributed by atoms with E-state index in [4.69, 9.17) is 4.74 Å². The third-order valence-corrected chi connectivity index (χ3v) is 6.23. The van der Waals surface area contributed by atoms with E-state index in [2.05, 4.69) is 39.5 Å². The minimum Gasteiger partial charge on any atom is -0.493 e. The third kappa shape index (κ3) is 5.00. The summed E-state index contributed by atoms with van der Waals surface area (Å²) in [7, 11) is 0. The summed E-state index contributed by atoms with van der Waals surface area (Å²) in [4.78, 5) is 19.5. The predicted molar refractivity (Wildman–Crippen MR) is 122 cm³/mol. The van der Waals surface area contributed by atoms with Crippen LogP contribution >= 0.6 is 11.3 Å². The van der Waals surface area contributed by atoms with Gasteiger partial charge in [0.25, 0.3) is 0 Å². The zero-order valence-corrected chi connectivity index (χ0v) is 18.0. The number of nitrogens with one attached hydrogen (secondary N) is 1. The van der Waals surface area contributed by atoms with E-state index in [-0.39, 0.29) is 5.91 Å². The van der Waals surface area contributed by atoms with Crippen LogP contribution in [0.15, 0.2) is 60.0 Å². The lowest BCUT2D eigenvalue weighted by Crippen LogP contribution is -2.32. The summed E-state index contributed by atoms with van der Waals surface area (Å²) < 4.78 is 5.70. The SMILES string of the molecule is CCOc1ccccc1-c1nc(CC(=O)NC[C@@H]2CCN(c3ccccc3)C2)cs1. The van der Waals surface area contributed by atoms with Crippen molar-refractivity contribution in [3.8, 4) is 16.3 Å². The van der Waals surface area contributed by atoms with Crippen LogP contribution in [-0.4, -0.2) is 37.1 Å². The van der Waals surface area contributed by atoms with Crippen LogP contribution in [0.5, 0.6) is 5.75 Å². The Labute approximate surface area is 181 Å². The summed E-state index contributed by atoms with van der Waals surface area (Å²) in [6, 6.07) is 18.4. The molecule has 0 aliphatic carbocycles. The first kappa shape index (κ1) is 20.4. The molecule has 1 atom stereocenters. The number of aromatic nitrogens is 1. The molecule has 2 heterocycles. The fraction of sp³-hybridized carbons (Fsp3) is 0.333. The molecule has 0 bridgehead atoms. The van der Waals surface area contributed by atoms with Crippen LogP contribution in [0.2, 0.25) is 0 Å². The van der Waals surface area contributed by atoms with Crippen molar-refractivity contribution in [3.63, 3.8) is 0 Å². The number of ether oxygens (including phenoxy) is 1. The summed E-state index contributed by atoms with van der Waals surface area (Å²) >= 11 is 1.55. The molecule has 1 aromatic heterocycles. The first-order valence-corrected chi connectivity index (χ1v) is 11.3. The molecule has 2 aromatic carbocycles. The van der Waals surface area contributed by atoms with Gasteiger partial charge in [-0.1, -0.05) is 30.3 Å². The molecule has 0 saturated carbocycles. The molecule has 156 valence electrons. The lowest BCUT2D eigenvalue weighted by molar-refractivity contribution is -0.120. The zero-order valence-electron chi connectivity index (χ0n) is 17.2. The number of carbonyl (C=O) groups is 1. The molecule has 6 heteroatoms. The molecule has 5 nitrogen and oxygen atoms in total. The standard InChI is InChI=1S/C24H27N3O2S/c1-2-29-22-11-7-6-10-21(22)24-26-19(17-30-24)14-23(28)25-15-18-12-13-27(16-18)20-8-4-3-5-9-20/h3-11,17-18H,2,12-16H2,1H3,(H,25,28)/t18-/m0/s1. The molecule has 30 heavy (non-hydrogen) atoms. The summed E-state index contributed by atoms with van der Waals surface area (Å²) in [5.74, 6) is 1.34. The lowest BCUT2D eigenvalue weighted by atomic mass is 10.1. The average molecular weight is 422 g/mol. The van der Waals surface area contributed by atoms with Crippen LogP contribution < -0.4 is 15.0 Å². The highest BCUT2D eigenvalue weighted by atomic mass is 32.1. The Morgan fingerprint density at radius 1 is 1.20 bits per heavy atom. The van der Waals surface area contributed by atoms with Crippen molar-refractivity contribution in [1.82, 2.24) is 10.3 Å². The highest BCUT2D eigenvalue weighted by Gasteiger charge is 2.23. The van der Waals surface area contributed by atoms with Gasteiger partial charge in [0, 0.05) is 30.7 Å². The van der Waals surface area contributed by atoms with Crippen molar-refractivity contribution in [3.05, 3.63) is 65.7 Å². The van der Waals surface area contributed by atoms with Gasteiger partial charge in [-0.2, -0.15) is 0 Å². The molecular formula is C24H27N3O2S. The Morgan fingerprint density at radius 2 is 2.00 bits per heavy atom. The van der Waals surface area contributed by atoms with Crippen molar-refractivity contribution in [2.24, 2.45) is 5.92 Å². The Balaban J connectivity index is 1.28. The van der Waals surface area contributed by atoms with Crippen molar-refractivity contribution < 1.29 is 9.53 Å². The molecule has 3 aromatic rings. The minimum absolute atomic E-state index is 0.0307. The number of rotatable bonds is 8. The molecule has 0 unspecified atom stereocenters. The molecule has 4 rings (SSSR count). The molecule has 1 aliphatic heterocycles. The van der Waals surface area contributed by atoms with Crippen LogP contribution in [-0.2, 0) is 11.2 Å². The molecule has 1 fully saturated rings. The van der Waals surface area contributed by atoms with Crippen molar-refractivity contribution in [2.75, 3.05) is 31.1 Å². The summed E-state index contributed by atoms with van der Waals surface area (Å²) in [6.07, 6.45) is 1.41. The number of benzene rings is 2. The third-order valence-electron chi connectivity index (χ3n) is 5.31. The van der Waals surface area contributed by atoms with Gasteiger partial charge < -0.3 is 15.0 Å². The van der Waals surface area contributed by atoms with E-state index in [9.17, 15) is 4.79 Å². The number of para-hydroxylation sites is 2. The highest BCUT2D eigenvalue weighted by Crippen LogP contribution is 2.32. The number of anilines is 1. The van der Waals surface area contributed by atoms with Crippen molar-refractivity contribution in [1.29, 1.82) is 0 Å². The van der Waals surface area contributed by atoms with Crippen LogP contribution in [0.4, 0.5) is 5.69 Å². The Bertz CT molecular complexity index is 973. The van der Waals surface area contributed by atoms with Crippen LogP contribution in [0, 0.1) is 5.92 Å². The van der Waals surface area contributed by atoms with Crippen LogP contribution in [0.3, 0.4) is 0 Å². The van der Waals surface area contributed by atoms with Gasteiger partial charge in [-0.05, 0) is 43.5 Å². The molecule has 0 radical (unpaired) electrons. The maximum Gasteiger partial charge on any atom is 0.226 e. The predicted octanol–water partition coefficient (Wildman–Crippen LogP) is 4.39. The second kappa shape index (κ2) is 9.76. The Morgan fingerprint density at radius 3 is 2.83 bits per heavy atom. The smallest absolute Gasteiger partial charge is 0.226 e. The van der Waals surface area contributed by atoms with E-state index in [1.807, 2.05) is 42.6 Å². The first-order chi connectivity index (χ1) is 14.7. The normalized spacial score (nSPS) is 15.9. The quantitative estimate of drug-likeness (QED) is 0.586. The molecule has 1 N–H and O–H groups in total. The lowest BCUT2D eigenvalue weighted by Gasteiger charge is -2.18. The van der Waals surface area contributed by atoms with E-state index >= 15 is 0 Å². The highest BCUT2D eigenvalue weighted by molar-refractivity contribution is 7.13. The molecule has 0 spiro atoms. The van der Waals surface area contributed by atoms with Gasteiger partial charge in [-0.3, -0.25) is 4.79 Å². The molecule has 1 aliphatic rings. The van der Waals surface area contributed by atoms with Gasteiger partial charge in [0.05, 0.1) is 24.3 Å². The summed E-state index contributed by atoms with van der Waals surface area (Å²) in [5, 5.41) is 5.95. The summed E-state index contributed by atoms with van der Waals surface area (Å²) in [5.41, 5.74) is 3.03. The van der Waals surface area contributed by atoms with Crippen molar-refractivity contribution in [2.45, 2.75) is 19.8 Å². The van der Waals surface area contributed by atoms with E-state index in [0.29, 0.717) is 25.5 Å². The number of carbonyl (C=O) groups excluding carboxylic acids is 1. The van der Waals surface area contributed by atoms with Gasteiger partial charge >= 0.3 is 0 Å². The topological polar surface area (TPSA) is 54.5 Å². The maximum atomic E-state index is 12.5. The number of amides is 1. The second-order valence-corrected chi connectivity index (χ2v) is 8.35. The van der Waals surface area contributed by atoms with Crippen LogP contribution in [0.25, 0.3) is 10.6 Å². The average Bonchev–Trinajstić information content (AvgIpc) is 3.43. The fourth-order valence-electron chi connectivity index (χ4n) is 3.79. The second-order valence-electron chi connectivity index (χ2n) is 7.49.